The number of sulfonamides is 1. The molecule has 2 heterocycles. The van der Waals surface area contributed by atoms with Gasteiger partial charge in [-0.25, -0.2) is 17.8 Å². The van der Waals surface area contributed by atoms with Gasteiger partial charge >= 0.3 is 0 Å². The molecule has 1 aliphatic rings. The lowest BCUT2D eigenvalue weighted by Crippen LogP contribution is -2.34. The zero-order valence-electron chi connectivity index (χ0n) is 13.7. The van der Waals surface area contributed by atoms with Crippen molar-refractivity contribution in [1.82, 2.24) is 19.7 Å². The number of hydrogen-bond donors (Lipinski definition) is 1. The van der Waals surface area contributed by atoms with Gasteiger partial charge in [-0.15, -0.1) is 5.10 Å². The van der Waals surface area contributed by atoms with E-state index in [0.29, 0.717) is 24.2 Å². The van der Waals surface area contributed by atoms with Gasteiger partial charge in [-0.2, -0.15) is 0 Å². The van der Waals surface area contributed by atoms with Gasteiger partial charge in [0.1, 0.15) is 16.2 Å². The quantitative estimate of drug-likeness (QED) is 0.764. The van der Waals surface area contributed by atoms with Crippen LogP contribution in [-0.4, -0.2) is 36.6 Å². The molecule has 0 bridgehead atoms. The van der Waals surface area contributed by atoms with Crippen LogP contribution in [0.4, 0.5) is 0 Å². The first kappa shape index (κ1) is 16.0. The predicted octanol–water partition coefficient (Wildman–Crippen LogP) is 1.50. The predicted molar refractivity (Wildman–Crippen MR) is 92.8 cm³/mol. The molecule has 0 radical (unpaired) electrons. The Hall–Kier alpha value is -2.45. The van der Waals surface area contributed by atoms with Gasteiger partial charge in [0.2, 0.25) is 10.0 Å². The summed E-state index contributed by atoms with van der Waals surface area (Å²) in [4.78, 5) is 0.148. The number of nitrogens with one attached hydrogen (secondary N) is 1. The van der Waals surface area contributed by atoms with Crippen LogP contribution in [0.2, 0.25) is 0 Å². The van der Waals surface area contributed by atoms with E-state index >= 15 is 0 Å². The lowest BCUT2D eigenvalue weighted by Gasteiger charge is -2.25. The first-order chi connectivity index (χ1) is 12.0. The molecule has 1 N–H and O–H groups in total. The molecule has 0 aliphatic carbocycles. The van der Waals surface area contributed by atoms with Crippen molar-refractivity contribution in [3.63, 3.8) is 0 Å². The van der Waals surface area contributed by atoms with Gasteiger partial charge in [-0.1, -0.05) is 29.5 Å². The number of ether oxygens (including phenoxy) is 1. The molecular formula is C17H18N4O3S. The maximum absolute atomic E-state index is 12.7. The minimum Gasteiger partial charge on any atom is -0.493 e. The molecule has 25 heavy (non-hydrogen) atoms. The first-order valence-electron chi connectivity index (χ1n) is 8.03. The third kappa shape index (κ3) is 2.98. The topological polar surface area (TPSA) is 86.1 Å². The van der Waals surface area contributed by atoms with Crippen molar-refractivity contribution in [2.24, 2.45) is 13.0 Å². The fourth-order valence-corrected chi connectivity index (χ4v) is 4.34. The van der Waals surface area contributed by atoms with Crippen LogP contribution in [0, 0.1) is 5.92 Å². The van der Waals surface area contributed by atoms with Crippen LogP contribution in [0.1, 0.15) is 5.56 Å². The molecule has 1 unspecified atom stereocenters. The number of hydrogen-bond acceptors (Lipinski definition) is 5. The van der Waals surface area contributed by atoms with Crippen LogP contribution >= 0.6 is 0 Å². The monoisotopic (exact) mass is 358 g/mol. The molecule has 1 aromatic heterocycles. The second-order valence-corrected chi connectivity index (χ2v) is 7.91. The minimum absolute atomic E-state index is 0.0886. The molecule has 0 saturated carbocycles. The van der Waals surface area contributed by atoms with E-state index in [-0.39, 0.29) is 10.8 Å². The highest BCUT2D eigenvalue weighted by Gasteiger charge is 2.24. The molecule has 0 saturated heterocycles. The van der Waals surface area contributed by atoms with Gasteiger partial charge in [0, 0.05) is 19.5 Å². The molecule has 0 amide bonds. The lowest BCUT2D eigenvalue weighted by atomic mass is 9.97. The van der Waals surface area contributed by atoms with E-state index in [4.69, 9.17) is 4.74 Å². The standard InChI is InChI=1S/C17H18N4O3S/c1-21-14-6-4-8-16(17(14)19-20-21)25(22,23)18-10-12-9-13-5-2-3-7-15(13)24-11-12/h2-8,12,18H,9-11H2,1H3. The Kier molecular flexibility index (Phi) is 3.93. The smallest absolute Gasteiger partial charge is 0.242 e. The van der Waals surface area contributed by atoms with Crippen molar-refractivity contribution in [1.29, 1.82) is 0 Å². The lowest BCUT2D eigenvalue weighted by molar-refractivity contribution is 0.223. The molecule has 4 rings (SSSR count). The van der Waals surface area contributed by atoms with E-state index in [1.54, 1.807) is 29.9 Å². The summed E-state index contributed by atoms with van der Waals surface area (Å²) in [6, 6.07) is 12.9. The summed E-state index contributed by atoms with van der Waals surface area (Å²) in [7, 11) is -1.94. The fourth-order valence-electron chi connectivity index (χ4n) is 3.08. The Morgan fingerprint density at radius 3 is 2.96 bits per heavy atom. The third-order valence-electron chi connectivity index (χ3n) is 4.41. The summed E-state index contributed by atoms with van der Waals surface area (Å²) in [5.74, 6) is 0.969. The molecule has 130 valence electrons. The Morgan fingerprint density at radius 2 is 2.08 bits per heavy atom. The van der Waals surface area contributed by atoms with Crippen LogP contribution in [0.15, 0.2) is 47.4 Å². The van der Waals surface area contributed by atoms with E-state index < -0.39 is 10.0 Å². The number of rotatable bonds is 4. The summed E-state index contributed by atoms with van der Waals surface area (Å²) in [5, 5.41) is 7.88. The highest BCUT2D eigenvalue weighted by Crippen LogP contribution is 2.27. The number of aromatic nitrogens is 3. The molecule has 8 heteroatoms. The summed E-state index contributed by atoms with van der Waals surface area (Å²) in [6.45, 7) is 0.808. The second kappa shape index (κ2) is 6.12. The number of nitrogens with zero attached hydrogens (tertiary/aromatic N) is 3. The van der Waals surface area contributed by atoms with Gasteiger partial charge in [0.15, 0.2) is 0 Å². The maximum Gasteiger partial charge on any atom is 0.242 e. The molecule has 7 nitrogen and oxygen atoms in total. The van der Waals surface area contributed by atoms with Crippen molar-refractivity contribution >= 4 is 21.1 Å². The minimum atomic E-state index is -3.67. The number of aryl methyl sites for hydroxylation is 1. The number of benzene rings is 2. The van der Waals surface area contributed by atoms with Crippen molar-refractivity contribution in [2.45, 2.75) is 11.3 Å². The molecule has 2 aromatic carbocycles. The van der Waals surface area contributed by atoms with Crippen LogP contribution in [-0.2, 0) is 23.5 Å². The molecule has 0 spiro atoms. The van der Waals surface area contributed by atoms with Gasteiger partial charge in [0.05, 0.1) is 12.1 Å². The first-order valence-corrected chi connectivity index (χ1v) is 9.52. The number of fused-ring (bicyclic) bond motifs is 2. The molecule has 0 fully saturated rings. The molecule has 1 atom stereocenters. The zero-order chi connectivity index (χ0) is 17.4. The van der Waals surface area contributed by atoms with Gasteiger partial charge in [-0.05, 0) is 30.2 Å². The molecule has 1 aliphatic heterocycles. The van der Waals surface area contributed by atoms with Gasteiger partial charge in [-0.3, -0.25) is 0 Å². The summed E-state index contributed by atoms with van der Waals surface area (Å²) >= 11 is 0. The van der Waals surface area contributed by atoms with Crippen LogP contribution < -0.4 is 9.46 Å². The average Bonchev–Trinajstić information content (AvgIpc) is 3.01. The van der Waals surface area contributed by atoms with Gasteiger partial charge < -0.3 is 4.74 Å². The zero-order valence-corrected chi connectivity index (χ0v) is 14.5. The van der Waals surface area contributed by atoms with Crippen LogP contribution in [0.25, 0.3) is 11.0 Å². The fraction of sp³-hybridized carbons (Fsp3) is 0.294. The Labute approximate surface area is 145 Å². The summed E-state index contributed by atoms with van der Waals surface area (Å²) in [6.07, 6.45) is 0.786. The van der Waals surface area contributed by atoms with E-state index in [9.17, 15) is 8.42 Å². The molecular weight excluding hydrogens is 340 g/mol. The summed E-state index contributed by atoms with van der Waals surface area (Å²) in [5.41, 5.74) is 2.16. The third-order valence-corrected chi connectivity index (χ3v) is 5.87. The van der Waals surface area contributed by atoms with Crippen molar-refractivity contribution in [2.75, 3.05) is 13.2 Å². The second-order valence-electron chi connectivity index (χ2n) is 6.18. The van der Waals surface area contributed by atoms with E-state index in [2.05, 4.69) is 15.0 Å². The highest BCUT2D eigenvalue weighted by atomic mass is 32.2. The van der Waals surface area contributed by atoms with Crippen molar-refractivity contribution in [3.8, 4) is 5.75 Å². The highest BCUT2D eigenvalue weighted by molar-refractivity contribution is 7.89. The average molecular weight is 358 g/mol. The summed E-state index contributed by atoms with van der Waals surface area (Å²) < 4.78 is 35.4. The van der Waals surface area contributed by atoms with Crippen molar-refractivity contribution in [3.05, 3.63) is 48.0 Å². The Bertz CT molecular complexity index is 1030. The van der Waals surface area contributed by atoms with Crippen molar-refractivity contribution < 1.29 is 13.2 Å². The van der Waals surface area contributed by atoms with E-state index in [1.165, 1.54) is 0 Å². The Balaban J connectivity index is 1.52. The normalized spacial score (nSPS) is 17.2. The van der Waals surface area contributed by atoms with Gasteiger partial charge in [0.25, 0.3) is 0 Å². The van der Waals surface area contributed by atoms with E-state index in [1.807, 2.05) is 24.3 Å². The largest absolute Gasteiger partial charge is 0.493 e. The maximum atomic E-state index is 12.7. The SMILES string of the molecule is Cn1nnc2c(S(=O)(=O)NCC3COc4ccccc4C3)cccc21. The molecule has 3 aromatic rings. The number of para-hydroxylation sites is 1. The Morgan fingerprint density at radius 1 is 1.24 bits per heavy atom. The van der Waals surface area contributed by atoms with Crippen LogP contribution in [0.3, 0.4) is 0 Å². The van der Waals surface area contributed by atoms with E-state index in [0.717, 1.165) is 17.7 Å². The van der Waals surface area contributed by atoms with Crippen LogP contribution in [0.5, 0.6) is 5.75 Å².